The number of aromatic nitrogens is 2. The van der Waals surface area contributed by atoms with Crippen molar-refractivity contribution in [1.82, 2.24) is 9.97 Å². The maximum atomic E-state index is 13.7. The lowest BCUT2D eigenvalue weighted by atomic mass is 9.98. The zero-order valence-electron chi connectivity index (χ0n) is 22.2. The predicted octanol–water partition coefficient (Wildman–Crippen LogP) is 7.98. The van der Waals surface area contributed by atoms with E-state index in [4.69, 9.17) is 0 Å². The zero-order valence-corrected chi connectivity index (χ0v) is 22.2. The fourth-order valence-corrected chi connectivity index (χ4v) is 5.02. The van der Waals surface area contributed by atoms with Crippen LogP contribution in [0.4, 0.5) is 23.2 Å². The van der Waals surface area contributed by atoms with Gasteiger partial charge < -0.3 is 9.64 Å². The second kappa shape index (κ2) is 11.9. The largest absolute Gasteiger partial charge is 0.465 e. The van der Waals surface area contributed by atoms with E-state index in [2.05, 4.69) is 14.7 Å². The van der Waals surface area contributed by atoms with Crippen molar-refractivity contribution in [2.45, 2.75) is 31.5 Å². The van der Waals surface area contributed by atoms with Gasteiger partial charge in [-0.2, -0.15) is 13.2 Å². The van der Waals surface area contributed by atoms with Gasteiger partial charge in [-0.1, -0.05) is 24.3 Å². The molecule has 0 aliphatic carbocycles. The Labute approximate surface area is 234 Å². The summed E-state index contributed by atoms with van der Waals surface area (Å²) in [5.41, 5.74) is 3.62. The minimum Gasteiger partial charge on any atom is -0.465 e. The molecule has 210 valence electrons. The molecule has 0 radical (unpaired) electrons. The van der Waals surface area contributed by atoms with Crippen molar-refractivity contribution in [2.24, 2.45) is 0 Å². The molecule has 0 amide bonds. The molecule has 0 saturated carbocycles. The highest BCUT2D eigenvalue weighted by molar-refractivity contribution is 5.94. The van der Waals surface area contributed by atoms with Crippen LogP contribution in [0.1, 0.15) is 29.6 Å². The van der Waals surface area contributed by atoms with Gasteiger partial charge in [0.15, 0.2) is 0 Å². The number of rotatable bonds is 3. The molecule has 5 aromatic rings. The lowest BCUT2D eigenvalue weighted by Gasteiger charge is -2.39. The molecule has 1 fully saturated rings. The molecule has 2 aromatic heterocycles. The highest BCUT2D eigenvalue weighted by Crippen LogP contribution is 2.40. The highest BCUT2D eigenvalue weighted by Gasteiger charge is 2.45. The number of alkyl halides is 3. The van der Waals surface area contributed by atoms with Gasteiger partial charge in [0.25, 0.3) is 0 Å². The third-order valence-electron chi connectivity index (χ3n) is 7.04. The van der Waals surface area contributed by atoms with Gasteiger partial charge >= 0.3 is 12.1 Å². The number of ether oxygens (including phenoxy) is 1. The third kappa shape index (κ3) is 6.29. The predicted molar refractivity (Wildman–Crippen MR) is 151 cm³/mol. The van der Waals surface area contributed by atoms with Crippen LogP contribution in [0.2, 0.25) is 0 Å². The Morgan fingerprint density at radius 3 is 2.39 bits per heavy atom. The van der Waals surface area contributed by atoms with E-state index in [0.717, 1.165) is 16.3 Å². The number of nitrogens with zero attached hydrogens (tertiary/aromatic N) is 3. The minimum atomic E-state index is -4.31. The number of hydrogen-bond acceptors (Lipinski definition) is 5. The van der Waals surface area contributed by atoms with E-state index in [1.807, 2.05) is 42.5 Å². The van der Waals surface area contributed by atoms with Crippen molar-refractivity contribution in [3.05, 3.63) is 103 Å². The molecule has 5 nitrogen and oxygen atoms in total. The molecule has 1 saturated heterocycles. The first-order chi connectivity index (χ1) is 19.7. The summed E-state index contributed by atoms with van der Waals surface area (Å²) < 4.78 is 59.0. The summed E-state index contributed by atoms with van der Waals surface area (Å²) in [5, 5.41) is 1.72. The number of carbonyl (C=O) groups is 1. The quantitative estimate of drug-likeness (QED) is 0.165. The first-order valence-corrected chi connectivity index (χ1v) is 13.2. The third-order valence-corrected chi connectivity index (χ3v) is 7.04. The van der Waals surface area contributed by atoms with Crippen LogP contribution < -0.4 is 4.90 Å². The van der Waals surface area contributed by atoms with Crippen LogP contribution >= 0.6 is 0 Å². The Balaban J connectivity index is 0.000000202. The maximum Gasteiger partial charge on any atom is 0.408 e. The molecule has 3 heterocycles. The number of methoxy groups -OCH3 is 1. The number of carbonyl (C=O) groups excluding carboxylic acids is 1. The van der Waals surface area contributed by atoms with E-state index < -0.39 is 18.0 Å². The van der Waals surface area contributed by atoms with Crippen molar-refractivity contribution >= 4 is 33.5 Å². The van der Waals surface area contributed by atoms with Gasteiger partial charge in [0.2, 0.25) is 0 Å². The number of benzene rings is 3. The number of esters is 1. The monoisotopic (exact) mass is 561 g/mol. The number of fused-ring (bicyclic) bond motifs is 2. The molecule has 0 bridgehead atoms. The zero-order chi connectivity index (χ0) is 29.0. The van der Waals surface area contributed by atoms with Gasteiger partial charge in [-0.3, -0.25) is 4.98 Å². The van der Waals surface area contributed by atoms with Crippen LogP contribution in [0.25, 0.3) is 33.1 Å². The Morgan fingerprint density at radius 1 is 0.902 bits per heavy atom. The summed E-state index contributed by atoms with van der Waals surface area (Å²) >= 11 is 0. The fourth-order valence-electron chi connectivity index (χ4n) is 5.02. The van der Waals surface area contributed by atoms with E-state index in [0.29, 0.717) is 47.4 Å². The number of anilines is 1. The van der Waals surface area contributed by atoms with Gasteiger partial charge in [0, 0.05) is 29.1 Å². The first-order valence-electron chi connectivity index (χ1n) is 13.2. The Kier molecular flexibility index (Phi) is 8.14. The number of para-hydroxylation sites is 1. The molecule has 9 heteroatoms. The summed E-state index contributed by atoms with van der Waals surface area (Å²) in [6.45, 7) is 0.318. The lowest BCUT2D eigenvalue weighted by molar-refractivity contribution is -0.152. The highest BCUT2D eigenvalue weighted by atomic mass is 19.4. The van der Waals surface area contributed by atoms with Gasteiger partial charge in [-0.05, 0) is 79.9 Å². The van der Waals surface area contributed by atoms with Crippen LogP contribution in [0.5, 0.6) is 0 Å². The van der Waals surface area contributed by atoms with Crippen molar-refractivity contribution in [3.8, 4) is 11.3 Å². The second-order valence-electron chi connectivity index (χ2n) is 9.70. The van der Waals surface area contributed by atoms with Crippen LogP contribution in [-0.4, -0.2) is 41.8 Å². The number of halogens is 4. The van der Waals surface area contributed by atoms with E-state index in [1.165, 1.54) is 24.1 Å². The Bertz CT molecular complexity index is 1670. The minimum absolute atomic E-state index is 0.0686. The molecular weight excluding hydrogens is 534 g/mol. The van der Waals surface area contributed by atoms with Crippen molar-refractivity contribution in [3.63, 3.8) is 0 Å². The Morgan fingerprint density at radius 2 is 1.63 bits per heavy atom. The average molecular weight is 562 g/mol. The molecule has 0 N–H and O–H groups in total. The summed E-state index contributed by atoms with van der Waals surface area (Å²) in [6.07, 6.45) is -1.28. The van der Waals surface area contributed by atoms with Crippen LogP contribution in [-0.2, 0) is 4.74 Å². The van der Waals surface area contributed by atoms with Crippen molar-refractivity contribution < 1.29 is 27.1 Å². The summed E-state index contributed by atoms with van der Waals surface area (Å²) in [7, 11) is 1.37. The smallest absolute Gasteiger partial charge is 0.408 e. The number of hydrogen-bond donors (Lipinski definition) is 0. The molecule has 1 aliphatic heterocycles. The standard InChI is InChI=1S/C21H18F4N2.C11H9NO2/c22-16-10-8-14(9-11-16)20-18(13-15-5-1-2-6-17(15)26-20)27-12-4-3-7-19(27)21(23,24)25;1-14-11(13)9-4-5-10-8(7-9)3-2-6-12-10/h1-2,5-6,8-11,13,19H,3-4,7,12H2;2-7H,1H3/t19-;/m1./s1. The van der Waals surface area contributed by atoms with Gasteiger partial charge in [-0.25, -0.2) is 14.2 Å². The van der Waals surface area contributed by atoms with Crippen LogP contribution in [0, 0.1) is 5.82 Å². The van der Waals surface area contributed by atoms with Gasteiger partial charge in [0.05, 0.1) is 35.1 Å². The second-order valence-corrected chi connectivity index (χ2v) is 9.70. The van der Waals surface area contributed by atoms with E-state index >= 15 is 0 Å². The normalized spacial score (nSPS) is 15.3. The lowest BCUT2D eigenvalue weighted by Crippen LogP contribution is -2.49. The van der Waals surface area contributed by atoms with Crippen molar-refractivity contribution in [2.75, 3.05) is 18.6 Å². The Hall–Kier alpha value is -4.53. The number of pyridine rings is 2. The van der Waals surface area contributed by atoms with Crippen LogP contribution in [0.3, 0.4) is 0 Å². The molecule has 0 spiro atoms. The summed E-state index contributed by atoms with van der Waals surface area (Å²) in [4.78, 5) is 21.4. The molecular formula is C32H27F4N3O2. The number of piperidine rings is 1. The molecule has 1 atom stereocenters. The molecule has 1 aliphatic rings. The average Bonchev–Trinajstić information content (AvgIpc) is 3.00. The summed E-state index contributed by atoms with van der Waals surface area (Å²) in [5.74, 6) is -0.719. The SMILES string of the molecule is COC(=O)c1ccc2ncccc2c1.Fc1ccc(-c2nc3ccccc3cc2N2CCCC[C@@H]2C(F)(F)F)cc1. The van der Waals surface area contributed by atoms with Gasteiger partial charge in [-0.15, -0.1) is 0 Å². The van der Waals surface area contributed by atoms with Gasteiger partial charge in [0.1, 0.15) is 11.9 Å². The molecule has 41 heavy (non-hydrogen) atoms. The molecule has 0 unspecified atom stereocenters. The van der Waals surface area contributed by atoms with E-state index in [-0.39, 0.29) is 12.4 Å². The molecule has 3 aromatic carbocycles. The topological polar surface area (TPSA) is 55.3 Å². The summed E-state index contributed by atoms with van der Waals surface area (Å²) in [6, 6.07) is 22.3. The first kappa shape index (κ1) is 28.0. The van der Waals surface area contributed by atoms with Crippen LogP contribution in [0.15, 0.2) is 91.1 Å². The fraction of sp³-hybridized carbons (Fsp3) is 0.219. The molecule has 6 rings (SSSR count). The van der Waals surface area contributed by atoms with E-state index in [1.54, 1.807) is 36.5 Å². The maximum absolute atomic E-state index is 13.7. The van der Waals surface area contributed by atoms with Crippen molar-refractivity contribution in [1.29, 1.82) is 0 Å². The van der Waals surface area contributed by atoms with E-state index in [9.17, 15) is 22.4 Å².